The molecule has 2 unspecified atom stereocenters. The lowest BCUT2D eigenvalue weighted by Gasteiger charge is -2.39. The van der Waals surface area contributed by atoms with Crippen LogP contribution in [0.4, 0.5) is 0 Å². The van der Waals surface area contributed by atoms with Crippen LogP contribution in [-0.2, 0) is 25.5 Å². The molecule has 0 bridgehead atoms. The van der Waals surface area contributed by atoms with Crippen LogP contribution in [0.2, 0.25) is 0 Å². The topological polar surface area (TPSA) is 67.9 Å². The van der Waals surface area contributed by atoms with E-state index in [4.69, 9.17) is 9.47 Å². The largest absolute Gasteiger partial charge is 0.496 e. The maximum absolute atomic E-state index is 13.5. The number of benzene rings is 1. The van der Waals surface area contributed by atoms with Gasteiger partial charge in [-0.05, 0) is 36.8 Å². The zero-order valence-corrected chi connectivity index (χ0v) is 17.0. The van der Waals surface area contributed by atoms with Crippen molar-refractivity contribution in [1.29, 1.82) is 0 Å². The first-order valence-corrected chi connectivity index (χ1v) is 10.2. The van der Waals surface area contributed by atoms with E-state index in [1.165, 1.54) is 0 Å². The highest BCUT2D eigenvalue weighted by Crippen LogP contribution is 2.37. The highest BCUT2D eigenvalue weighted by atomic mass is 16.5. The quantitative estimate of drug-likeness (QED) is 0.802. The van der Waals surface area contributed by atoms with Gasteiger partial charge >= 0.3 is 0 Å². The number of ether oxygens (including phenoxy) is 2. The van der Waals surface area contributed by atoms with Gasteiger partial charge in [0.1, 0.15) is 18.8 Å². The van der Waals surface area contributed by atoms with Gasteiger partial charge in [0.25, 0.3) is 0 Å². The van der Waals surface area contributed by atoms with Gasteiger partial charge in [-0.15, -0.1) is 0 Å². The van der Waals surface area contributed by atoms with Crippen molar-refractivity contribution in [3.05, 3.63) is 59.4 Å². The second-order valence-corrected chi connectivity index (χ2v) is 8.07. The average Bonchev–Trinajstić information content (AvgIpc) is 3.53. The number of rotatable bonds is 6. The molecular weight excluding hydrogens is 368 g/mol. The van der Waals surface area contributed by atoms with Gasteiger partial charge in [0.15, 0.2) is 0 Å². The zero-order chi connectivity index (χ0) is 20.5. The minimum Gasteiger partial charge on any atom is -0.496 e. The molecule has 0 radical (unpaired) electrons. The minimum atomic E-state index is -0.621. The monoisotopic (exact) mass is 396 g/mol. The highest BCUT2D eigenvalue weighted by Gasteiger charge is 2.41. The molecule has 1 saturated carbocycles. The number of allylic oxidation sites excluding steroid dienone is 1. The second kappa shape index (κ2) is 8.03. The number of fused-ring (bicyclic) bond motifs is 1. The predicted molar refractivity (Wildman–Crippen MR) is 109 cm³/mol. The zero-order valence-electron chi connectivity index (χ0n) is 17.0. The van der Waals surface area contributed by atoms with Crippen LogP contribution in [0.5, 0.6) is 0 Å². The molecule has 2 amide bonds. The Hall–Kier alpha value is -2.60. The summed E-state index contributed by atoms with van der Waals surface area (Å²) in [7, 11) is 1.62. The van der Waals surface area contributed by atoms with Crippen molar-refractivity contribution in [1.82, 2.24) is 10.2 Å². The molecule has 1 aromatic rings. The summed E-state index contributed by atoms with van der Waals surface area (Å²) in [5, 5.41) is 3.09. The predicted octanol–water partition coefficient (Wildman–Crippen LogP) is 2.51. The fourth-order valence-corrected chi connectivity index (χ4v) is 4.34. The Labute approximate surface area is 171 Å². The molecule has 29 heavy (non-hydrogen) atoms. The van der Waals surface area contributed by atoms with Gasteiger partial charge in [0.05, 0.1) is 18.2 Å². The van der Waals surface area contributed by atoms with Gasteiger partial charge in [0, 0.05) is 19.2 Å². The first kappa shape index (κ1) is 19.7. The van der Waals surface area contributed by atoms with Crippen LogP contribution >= 0.6 is 0 Å². The summed E-state index contributed by atoms with van der Waals surface area (Å²) in [6.45, 7) is 6.67. The summed E-state index contributed by atoms with van der Waals surface area (Å²) >= 11 is 0. The molecule has 3 aliphatic rings. The van der Waals surface area contributed by atoms with E-state index in [2.05, 4.69) is 11.9 Å². The Morgan fingerprint density at radius 1 is 1.38 bits per heavy atom. The van der Waals surface area contributed by atoms with Crippen LogP contribution < -0.4 is 5.32 Å². The van der Waals surface area contributed by atoms with Crippen molar-refractivity contribution in [2.45, 2.75) is 44.4 Å². The van der Waals surface area contributed by atoms with Crippen molar-refractivity contribution in [2.75, 3.05) is 20.3 Å². The van der Waals surface area contributed by atoms with Gasteiger partial charge < -0.3 is 19.7 Å². The molecule has 6 heteroatoms. The Morgan fingerprint density at radius 3 is 2.83 bits per heavy atom. The molecule has 154 valence electrons. The lowest BCUT2D eigenvalue weighted by Crippen LogP contribution is -2.55. The molecular formula is C23H28N2O4. The normalized spacial score (nSPS) is 26.6. The molecule has 0 aromatic heterocycles. The molecule has 4 rings (SSSR count). The highest BCUT2D eigenvalue weighted by molar-refractivity contribution is 5.92. The lowest BCUT2D eigenvalue weighted by molar-refractivity contribution is -0.142. The number of carbonyl (C=O) groups excluding carboxylic acids is 2. The Kier molecular flexibility index (Phi) is 5.46. The summed E-state index contributed by atoms with van der Waals surface area (Å²) in [6.07, 6.45) is 3.96. The number of nitrogens with one attached hydrogen (secondary N) is 1. The third-order valence-electron chi connectivity index (χ3n) is 6.08. The first-order chi connectivity index (χ1) is 14.0. The second-order valence-electron chi connectivity index (χ2n) is 8.07. The van der Waals surface area contributed by atoms with Crippen LogP contribution in [-0.4, -0.2) is 49.1 Å². The molecule has 2 aliphatic heterocycles. The van der Waals surface area contributed by atoms with E-state index in [1.54, 1.807) is 18.1 Å². The SMILES string of the molecule is C=CC1=C(C)OCC(NC(=O)[C@@H]2c3ccccc3CC(=O)N2CC2CC2)C1OC. The Bertz CT molecular complexity index is 858. The third-order valence-corrected chi connectivity index (χ3v) is 6.08. The Morgan fingerprint density at radius 2 is 2.14 bits per heavy atom. The summed E-state index contributed by atoms with van der Waals surface area (Å²) < 4.78 is 11.4. The van der Waals surface area contributed by atoms with Crippen molar-refractivity contribution in [3.8, 4) is 0 Å². The van der Waals surface area contributed by atoms with Gasteiger partial charge in [-0.3, -0.25) is 9.59 Å². The third kappa shape index (κ3) is 3.81. The van der Waals surface area contributed by atoms with E-state index in [9.17, 15) is 9.59 Å². The molecule has 1 fully saturated rings. The van der Waals surface area contributed by atoms with E-state index >= 15 is 0 Å². The van der Waals surface area contributed by atoms with E-state index < -0.39 is 6.04 Å². The van der Waals surface area contributed by atoms with Crippen molar-refractivity contribution >= 4 is 11.8 Å². The van der Waals surface area contributed by atoms with Crippen molar-refractivity contribution in [3.63, 3.8) is 0 Å². The van der Waals surface area contributed by atoms with Crippen molar-refractivity contribution in [2.24, 2.45) is 5.92 Å². The molecule has 1 aromatic carbocycles. The maximum Gasteiger partial charge on any atom is 0.247 e. The van der Waals surface area contributed by atoms with Crippen LogP contribution in [0.25, 0.3) is 0 Å². The van der Waals surface area contributed by atoms with E-state index in [0.29, 0.717) is 25.5 Å². The van der Waals surface area contributed by atoms with Gasteiger partial charge in [-0.25, -0.2) is 0 Å². The molecule has 1 N–H and O–H groups in total. The van der Waals surface area contributed by atoms with E-state index in [-0.39, 0.29) is 24.0 Å². The van der Waals surface area contributed by atoms with Crippen LogP contribution in [0.3, 0.4) is 0 Å². The molecule has 1 aliphatic carbocycles. The number of carbonyl (C=O) groups is 2. The Balaban J connectivity index is 1.61. The first-order valence-electron chi connectivity index (χ1n) is 10.2. The number of hydrogen-bond acceptors (Lipinski definition) is 4. The summed E-state index contributed by atoms with van der Waals surface area (Å²) in [4.78, 5) is 28.1. The standard InChI is InChI=1S/C23H28N2O4/c1-4-17-14(2)29-13-19(22(17)28-3)24-23(27)21-18-8-6-5-7-16(18)11-20(26)25(21)12-15-9-10-15/h4-8,15,19,21-22H,1,9-13H2,2-3H3,(H,24,27)/t19?,21-,22?/m0/s1. The van der Waals surface area contributed by atoms with E-state index in [0.717, 1.165) is 35.3 Å². The van der Waals surface area contributed by atoms with Crippen LogP contribution in [0.15, 0.2) is 48.3 Å². The fraction of sp³-hybridized carbons (Fsp3) is 0.478. The number of nitrogens with zero attached hydrogens (tertiary/aromatic N) is 1. The smallest absolute Gasteiger partial charge is 0.247 e. The average molecular weight is 396 g/mol. The van der Waals surface area contributed by atoms with Gasteiger partial charge in [-0.1, -0.05) is 36.9 Å². The van der Waals surface area contributed by atoms with Gasteiger partial charge in [-0.2, -0.15) is 0 Å². The minimum absolute atomic E-state index is 0.0152. The maximum atomic E-state index is 13.5. The number of hydrogen-bond donors (Lipinski definition) is 1. The van der Waals surface area contributed by atoms with Crippen LogP contribution in [0, 0.1) is 5.92 Å². The number of methoxy groups -OCH3 is 1. The fourth-order valence-electron chi connectivity index (χ4n) is 4.34. The summed E-state index contributed by atoms with van der Waals surface area (Å²) in [6, 6.07) is 6.76. The molecule has 0 spiro atoms. The summed E-state index contributed by atoms with van der Waals surface area (Å²) in [5.41, 5.74) is 2.67. The summed E-state index contributed by atoms with van der Waals surface area (Å²) in [5.74, 6) is 1.08. The van der Waals surface area contributed by atoms with E-state index in [1.807, 2.05) is 31.2 Å². The molecule has 6 nitrogen and oxygen atoms in total. The lowest BCUT2D eigenvalue weighted by atomic mass is 9.90. The van der Waals surface area contributed by atoms with Crippen LogP contribution in [0.1, 0.15) is 36.9 Å². The number of amides is 2. The molecule has 3 atom stereocenters. The van der Waals surface area contributed by atoms with Gasteiger partial charge in [0.2, 0.25) is 11.8 Å². The molecule has 2 heterocycles. The molecule has 0 saturated heterocycles. The van der Waals surface area contributed by atoms with Crippen molar-refractivity contribution < 1.29 is 19.1 Å².